The second-order valence-corrected chi connectivity index (χ2v) is 6.17. The molecule has 132 valence electrons. The fourth-order valence-corrected chi connectivity index (χ4v) is 3.16. The number of amides is 1. The Hall–Kier alpha value is -1.11. The molecule has 0 unspecified atom stereocenters. The number of hydrogen-bond acceptors (Lipinski definition) is 5. The van der Waals surface area contributed by atoms with Crippen molar-refractivity contribution in [1.82, 2.24) is 5.32 Å². The Kier molecular flexibility index (Phi) is 7.33. The van der Waals surface area contributed by atoms with Gasteiger partial charge in [0.1, 0.15) is 0 Å². The van der Waals surface area contributed by atoms with Gasteiger partial charge in [0.2, 0.25) is 6.29 Å². The van der Waals surface area contributed by atoms with Crippen LogP contribution in [-0.2, 0) is 19.0 Å². The number of carbonyl (C=O) groups is 1. The minimum atomic E-state index is -0.412. The van der Waals surface area contributed by atoms with Crippen LogP contribution >= 0.6 is 0 Å². The van der Waals surface area contributed by atoms with E-state index in [2.05, 4.69) is 5.32 Å². The van der Waals surface area contributed by atoms with Gasteiger partial charge in [0.05, 0.1) is 6.61 Å². The Morgan fingerprint density at radius 3 is 2.87 bits per heavy atom. The van der Waals surface area contributed by atoms with E-state index in [1.54, 1.807) is 7.11 Å². The fourth-order valence-electron chi connectivity index (χ4n) is 3.16. The van der Waals surface area contributed by atoms with Crippen molar-refractivity contribution in [2.75, 3.05) is 33.5 Å². The molecule has 6 heteroatoms. The Morgan fingerprint density at radius 2 is 2.26 bits per heavy atom. The molecule has 23 heavy (non-hydrogen) atoms. The third-order valence-corrected chi connectivity index (χ3v) is 4.44. The lowest BCUT2D eigenvalue weighted by atomic mass is 9.82. The largest absolute Gasteiger partial charge is 0.459 e. The number of allylic oxidation sites excluding steroid dienone is 1. The monoisotopic (exact) mass is 327 g/mol. The molecule has 1 fully saturated rings. The summed E-state index contributed by atoms with van der Waals surface area (Å²) in [4.78, 5) is 12.3. The molecule has 1 saturated carbocycles. The highest BCUT2D eigenvalue weighted by Crippen LogP contribution is 2.47. The topological polar surface area (TPSA) is 77.0 Å². The van der Waals surface area contributed by atoms with Crippen LogP contribution in [0.15, 0.2) is 11.8 Å². The third kappa shape index (κ3) is 5.19. The van der Waals surface area contributed by atoms with Crippen molar-refractivity contribution in [3.05, 3.63) is 11.8 Å². The minimum absolute atomic E-state index is 0.167. The number of methoxy groups -OCH3 is 1. The maximum Gasteiger partial charge on any atom is 0.286 e. The first-order valence-corrected chi connectivity index (χ1v) is 8.59. The molecule has 6 nitrogen and oxygen atoms in total. The number of aliphatic hydroxyl groups excluding tert-OH is 1. The smallest absolute Gasteiger partial charge is 0.286 e. The molecular formula is C17H29NO5. The second kappa shape index (κ2) is 9.25. The van der Waals surface area contributed by atoms with E-state index in [1.165, 1.54) is 12.8 Å². The van der Waals surface area contributed by atoms with Gasteiger partial charge >= 0.3 is 0 Å². The molecule has 0 radical (unpaired) electrons. The normalized spacial score (nSPS) is 27.3. The maximum absolute atomic E-state index is 12.3. The molecule has 2 aliphatic rings. The summed E-state index contributed by atoms with van der Waals surface area (Å²) in [7, 11) is 1.60. The van der Waals surface area contributed by atoms with Crippen molar-refractivity contribution in [2.45, 2.75) is 38.9 Å². The Labute approximate surface area is 138 Å². The minimum Gasteiger partial charge on any atom is -0.459 e. The molecule has 1 amide bonds. The van der Waals surface area contributed by atoms with E-state index in [0.717, 1.165) is 12.8 Å². The zero-order valence-electron chi connectivity index (χ0n) is 14.1. The standard InChI is InChI=1S/C17H29NO5/c1-3-22-17-13(5-4-9-19)14(12-6-7-12)11-15(23-17)16(20)18-8-10-21-2/h11-14,17,19H,3-10H2,1-2H3,(H,18,20)/t13-,14-,17-/m0/s1. The van der Waals surface area contributed by atoms with Crippen molar-refractivity contribution in [1.29, 1.82) is 0 Å². The zero-order valence-corrected chi connectivity index (χ0v) is 14.1. The van der Waals surface area contributed by atoms with Crippen LogP contribution in [0.2, 0.25) is 0 Å². The van der Waals surface area contributed by atoms with Crippen molar-refractivity contribution in [2.24, 2.45) is 17.8 Å². The van der Waals surface area contributed by atoms with E-state index in [1.807, 2.05) is 13.0 Å². The van der Waals surface area contributed by atoms with E-state index >= 15 is 0 Å². The number of nitrogens with one attached hydrogen (secondary N) is 1. The molecule has 2 N–H and O–H groups in total. The number of rotatable bonds is 10. The molecule has 1 aliphatic heterocycles. The van der Waals surface area contributed by atoms with Gasteiger partial charge in [0.15, 0.2) is 5.76 Å². The van der Waals surface area contributed by atoms with E-state index < -0.39 is 6.29 Å². The van der Waals surface area contributed by atoms with Gasteiger partial charge < -0.3 is 24.6 Å². The SMILES string of the molecule is CCO[C@H]1OC(C(=O)NCCOC)=C[C@@H](C2CC2)[C@@H]1CCCO. The summed E-state index contributed by atoms with van der Waals surface area (Å²) in [6, 6.07) is 0. The van der Waals surface area contributed by atoms with E-state index in [0.29, 0.717) is 31.4 Å². The highest BCUT2D eigenvalue weighted by Gasteiger charge is 2.43. The first-order valence-electron chi connectivity index (χ1n) is 8.59. The molecule has 2 rings (SSSR count). The van der Waals surface area contributed by atoms with Gasteiger partial charge in [-0.2, -0.15) is 0 Å². The van der Waals surface area contributed by atoms with Crippen molar-refractivity contribution < 1.29 is 24.1 Å². The third-order valence-electron chi connectivity index (χ3n) is 4.44. The first kappa shape index (κ1) is 18.2. The van der Waals surface area contributed by atoms with E-state index in [-0.39, 0.29) is 24.3 Å². The van der Waals surface area contributed by atoms with Crippen LogP contribution in [0, 0.1) is 17.8 Å². The summed E-state index contributed by atoms with van der Waals surface area (Å²) in [5.74, 6) is 1.24. The first-order chi connectivity index (χ1) is 11.2. The highest BCUT2D eigenvalue weighted by molar-refractivity contribution is 5.91. The van der Waals surface area contributed by atoms with Crippen molar-refractivity contribution in [3.63, 3.8) is 0 Å². The predicted molar refractivity (Wildman–Crippen MR) is 85.5 cm³/mol. The molecule has 3 atom stereocenters. The summed E-state index contributed by atoms with van der Waals surface area (Å²) >= 11 is 0. The van der Waals surface area contributed by atoms with Crippen molar-refractivity contribution in [3.8, 4) is 0 Å². The molecule has 0 spiro atoms. The van der Waals surface area contributed by atoms with Crippen LogP contribution in [0.3, 0.4) is 0 Å². The Balaban J connectivity index is 2.08. The number of hydrogen-bond donors (Lipinski definition) is 2. The number of carbonyl (C=O) groups excluding carboxylic acids is 1. The lowest BCUT2D eigenvalue weighted by molar-refractivity contribution is -0.173. The molecule has 0 aromatic carbocycles. The molecule has 0 aromatic rings. The van der Waals surface area contributed by atoms with Gasteiger partial charge in [-0.1, -0.05) is 0 Å². The summed E-state index contributed by atoms with van der Waals surface area (Å²) in [6.45, 7) is 3.56. The molecular weight excluding hydrogens is 298 g/mol. The van der Waals surface area contributed by atoms with Gasteiger partial charge in [-0.05, 0) is 50.5 Å². The fraction of sp³-hybridized carbons (Fsp3) is 0.824. The highest BCUT2D eigenvalue weighted by atomic mass is 16.7. The quantitative estimate of drug-likeness (QED) is 0.594. The Morgan fingerprint density at radius 1 is 1.48 bits per heavy atom. The summed E-state index contributed by atoms with van der Waals surface area (Å²) in [5.41, 5.74) is 0. The van der Waals surface area contributed by atoms with Crippen LogP contribution in [0.4, 0.5) is 0 Å². The molecule has 0 saturated heterocycles. The van der Waals surface area contributed by atoms with Gasteiger partial charge in [-0.15, -0.1) is 0 Å². The molecule has 0 bridgehead atoms. The van der Waals surface area contributed by atoms with Gasteiger partial charge in [-0.3, -0.25) is 4.79 Å². The lowest BCUT2D eigenvalue weighted by Crippen LogP contribution is -2.40. The van der Waals surface area contributed by atoms with Gasteiger partial charge in [0, 0.05) is 32.8 Å². The van der Waals surface area contributed by atoms with Crippen molar-refractivity contribution >= 4 is 5.91 Å². The second-order valence-electron chi connectivity index (χ2n) is 6.17. The predicted octanol–water partition coefficient (Wildman–Crippen LogP) is 1.44. The maximum atomic E-state index is 12.3. The Bertz CT molecular complexity index is 408. The van der Waals surface area contributed by atoms with Crippen LogP contribution in [0.25, 0.3) is 0 Å². The lowest BCUT2D eigenvalue weighted by Gasteiger charge is -2.37. The van der Waals surface area contributed by atoms with E-state index in [4.69, 9.17) is 19.3 Å². The van der Waals surface area contributed by atoms with E-state index in [9.17, 15) is 4.79 Å². The summed E-state index contributed by atoms with van der Waals surface area (Å²) in [5, 5.41) is 11.9. The van der Waals surface area contributed by atoms with Gasteiger partial charge in [0.25, 0.3) is 5.91 Å². The van der Waals surface area contributed by atoms with Crippen LogP contribution in [0.1, 0.15) is 32.6 Å². The van der Waals surface area contributed by atoms with Crippen LogP contribution < -0.4 is 5.32 Å². The average molecular weight is 327 g/mol. The summed E-state index contributed by atoms with van der Waals surface area (Å²) < 4.78 is 16.5. The number of ether oxygens (including phenoxy) is 3. The molecule has 1 heterocycles. The van der Waals surface area contributed by atoms with Gasteiger partial charge in [-0.25, -0.2) is 0 Å². The van der Waals surface area contributed by atoms with Crippen LogP contribution in [-0.4, -0.2) is 50.8 Å². The zero-order chi connectivity index (χ0) is 16.7. The number of aliphatic hydroxyl groups is 1. The van der Waals surface area contributed by atoms with Crippen LogP contribution in [0.5, 0.6) is 0 Å². The summed E-state index contributed by atoms with van der Waals surface area (Å²) in [6.07, 6.45) is 5.51. The molecule has 0 aromatic heterocycles. The average Bonchev–Trinajstić information content (AvgIpc) is 3.38. The molecule has 1 aliphatic carbocycles.